The highest BCUT2D eigenvalue weighted by Gasteiger charge is 2.25. The molecule has 0 atom stereocenters. The fourth-order valence-corrected chi connectivity index (χ4v) is 20.9. The van der Waals surface area contributed by atoms with Crippen LogP contribution in [0.25, 0.3) is 219 Å². The van der Waals surface area contributed by atoms with Crippen molar-refractivity contribution in [1.29, 1.82) is 0 Å². The average Bonchev–Trinajstić information content (AvgIpc) is 1.67. The van der Waals surface area contributed by atoms with Crippen LogP contribution in [0.2, 0.25) is 0 Å². The number of furan rings is 2. The van der Waals surface area contributed by atoms with Crippen molar-refractivity contribution >= 4 is 186 Å². The van der Waals surface area contributed by atoms with Crippen molar-refractivity contribution in [3.8, 4) is 67.0 Å². The maximum atomic E-state index is 6.70. The lowest BCUT2D eigenvalue weighted by Gasteiger charge is -2.26. The van der Waals surface area contributed by atoms with Gasteiger partial charge in [-0.1, -0.05) is 334 Å². The Kier molecular flexibility index (Phi) is 17.9. The second-order valence-electron chi connectivity index (χ2n) is 34.5. The van der Waals surface area contributed by atoms with Crippen LogP contribution in [0.1, 0.15) is 0 Å². The fraction of sp³-hybridized carbons (Fsp3) is 0. The molecule has 0 unspecified atom stereocenters. The Hall–Kier alpha value is -17.6. The molecule has 0 saturated carbocycles. The molecule has 616 valence electrons. The monoisotopic (exact) mass is 1680 g/mol. The molecule has 4 heterocycles. The molecule has 0 fully saturated rings. The summed E-state index contributed by atoms with van der Waals surface area (Å²) in [5.41, 5.74) is 28.5. The van der Waals surface area contributed by atoms with Gasteiger partial charge in [0.2, 0.25) is 0 Å². The second kappa shape index (κ2) is 31.2. The van der Waals surface area contributed by atoms with Gasteiger partial charge in [0.1, 0.15) is 11.2 Å². The predicted molar refractivity (Wildman–Crippen MR) is 558 cm³/mol. The van der Waals surface area contributed by atoms with Gasteiger partial charge in [-0.2, -0.15) is 0 Å². The minimum absolute atomic E-state index is 0.857. The molecule has 0 spiro atoms. The number of para-hydroxylation sites is 7. The van der Waals surface area contributed by atoms with E-state index in [-0.39, 0.29) is 0 Å². The van der Waals surface area contributed by atoms with Gasteiger partial charge in [0, 0.05) is 77.2 Å². The number of hydrogen-bond acceptors (Lipinski definition) is 4. The van der Waals surface area contributed by atoms with Crippen LogP contribution in [0, 0.1) is 0 Å². The first-order valence-corrected chi connectivity index (χ1v) is 45.2. The van der Waals surface area contributed by atoms with Crippen molar-refractivity contribution < 1.29 is 8.83 Å². The summed E-state index contributed by atoms with van der Waals surface area (Å²) >= 11 is 0. The predicted octanol–water partition coefficient (Wildman–Crippen LogP) is 35.6. The summed E-state index contributed by atoms with van der Waals surface area (Å²) in [6.07, 6.45) is 0. The lowest BCUT2D eigenvalue weighted by molar-refractivity contribution is 0.668. The van der Waals surface area contributed by atoms with E-state index in [1.165, 1.54) is 142 Å². The molecule has 0 amide bonds. The third kappa shape index (κ3) is 12.6. The molecule has 0 radical (unpaired) electrons. The van der Waals surface area contributed by atoms with Crippen LogP contribution in [0.3, 0.4) is 0 Å². The second-order valence-corrected chi connectivity index (χ2v) is 34.5. The lowest BCUT2D eigenvalue weighted by Crippen LogP contribution is -2.10. The Labute approximate surface area is 761 Å². The van der Waals surface area contributed by atoms with E-state index in [9.17, 15) is 0 Å². The van der Waals surface area contributed by atoms with E-state index >= 15 is 0 Å². The first-order valence-electron chi connectivity index (χ1n) is 45.2. The molecule has 6 heteroatoms. The largest absolute Gasteiger partial charge is 0.454 e. The number of fused-ring (bicyclic) bond motifs is 24. The van der Waals surface area contributed by atoms with E-state index in [0.29, 0.717) is 0 Å². The zero-order chi connectivity index (χ0) is 86.9. The molecule has 0 aliphatic heterocycles. The van der Waals surface area contributed by atoms with Crippen LogP contribution in [-0.4, -0.2) is 9.13 Å². The molecule has 0 bridgehead atoms. The number of benzene rings is 23. The van der Waals surface area contributed by atoms with Crippen LogP contribution >= 0.6 is 0 Å². The molecular formula is C126H80N4O2. The van der Waals surface area contributed by atoms with Crippen molar-refractivity contribution in [3.63, 3.8) is 0 Å². The van der Waals surface area contributed by atoms with Crippen molar-refractivity contribution in [3.05, 3.63) is 485 Å². The first kappa shape index (κ1) is 75.7. The van der Waals surface area contributed by atoms with Gasteiger partial charge in [0.05, 0.1) is 33.4 Å². The maximum Gasteiger partial charge on any atom is 0.159 e. The van der Waals surface area contributed by atoms with E-state index in [2.05, 4.69) is 492 Å². The van der Waals surface area contributed by atoms with Crippen LogP contribution in [0.5, 0.6) is 0 Å². The van der Waals surface area contributed by atoms with E-state index < -0.39 is 0 Å². The van der Waals surface area contributed by atoms with Crippen molar-refractivity contribution in [2.75, 3.05) is 9.80 Å². The van der Waals surface area contributed by atoms with Crippen LogP contribution in [-0.2, 0) is 0 Å². The summed E-state index contributed by atoms with van der Waals surface area (Å²) in [6, 6.07) is 176. The molecule has 0 saturated heterocycles. The molecule has 27 rings (SSSR count). The Balaban J connectivity index is 0.000000139. The van der Waals surface area contributed by atoms with Crippen LogP contribution in [0.15, 0.2) is 494 Å². The molecule has 27 aromatic rings. The SMILES string of the molecule is c1ccc(-c2ccc3c(c2)c2cc(-c4ccc(N(c5ccc(-c6ccc7c8ccccc8c8ccccc8c7c6)cc5)c5cccc6c5oc5ccccc56)cc4)ccc2n3-c2ccccc2)cc1.c1ccc(-n2c3ccccc3c3cc(-c4ccc(N(c5ccc(-c6ccc7c8ccccc8c8ccccc8c7c6)cc5)c5cccc6c5oc5ccccc56)cc4)ccc32)cc1. The zero-order valence-corrected chi connectivity index (χ0v) is 71.8. The van der Waals surface area contributed by atoms with Crippen molar-refractivity contribution in [2.24, 2.45) is 0 Å². The van der Waals surface area contributed by atoms with E-state index in [0.717, 1.165) is 112 Å². The van der Waals surface area contributed by atoms with Crippen molar-refractivity contribution in [1.82, 2.24) is 9.13 Å². The smallest absolute Gasteiger partial charge is 0.159 e. The number of rotatable bonds is 13. The minimum Gasteiger partial charge on any atom is -0.454 e. The van der Waals surface area contributed by atoms with Gasteiger partial charge in [-0.25, -0.2) is 0 Å². The lowest BCUT2D eigenvalue weighted by atomic mass is 9.92. The number of aromatic nitrogens is 2. The Morgan fingerprint density at radius 1 is 0.144 bits per heavy atom. The molecule has 0 N–H and O–H groups in total. The maximum absolute atomic E-state index is 6.70. The quantitative estimate of drug-likeness (QED) is 0.108. The van der Waals surface area contributed by atoms with E-state index in [1.807, 2.05) is 12.1 Å². The topological polar surface area (TPSA) is 42.6 Å². The fourth-order valence-electron chi connectivity index (χ4n) is 20.9. The Bertz CT molecular complexity index is 9180. The molecular weight excluding hydrogens is 1600 g/mol. The van der Waals surface area contributed by atoms with Gasteiger partial charge >= 0.3 is 0 Å². The van der Waals surface area contributed by atoms with Gasteiger partial charge in [0.25, 0.3) is 0 Å². The third-order valence-electron chi connectivity index (χ3n) is 27.1. The Morgan fingerprint density at radius 3 is 0.727 bits per heavy atom. The van der Waals surface area contributed by atoms with Crippen LogP contribution < -0.4 is 9.80 Å². The van der Waals surface area contributed by atoms with Gasteiger partial charge in [-0.15, -0.1) is 0 Å². The number of nitrogens with zero attached hydrogens (tertiary/aromatic N) is 4. The van der Waals surface area contributed by atoms with Crippen LogP contribution in [0.4, 0.5) is 34.1 Å². The number of anilines is 6. The van der Waals surface area contributed by atoms with Gasteiger partial charge in [-0.05, 0) is 272 Å². The highest BCUT2D eigenvalue weighted by molar-refractivity contribution is 6.28. The number of hydrogen-bond donors (Lipinski definition) is 0. The molecule has 6 nitrogen and oxygen atoms in total. The summed E-state index contributed by atoms with van der Waals surface area (Å²) in [5, 5.41) is 24.7. The van der Waals surface area contributed by atoms with Gasteiger partial charge in [-0.3, -0.25) is 0 Å². The normalized spacial score (nSPS) is 11.8. The van der Waals surface area contributed by atoms with E-state index in [4.69, 9.17) is 8.83 Å². The Morgan fingerprint density at radius 2 is 0.379 bits per heavy atom. The molecule has 0 aliphatic rings. The van der Waals surface area contributed by atoms with Gasteiger partial charge in [0.15, 0.2) is 11.2 Å². The third-order valence-corrected chi connectivity index (χ3v) is 27.1. The summed E-state index contributed by atoms with van der Waals surface area (Å²) in [4.78, 5) is 4.66. The summed E-state index contributed by atoms with van der Waals surface area (Å²) in [6.45, 7) is 0. The first-order chi connectivity index (χ1) is 65.5. The molecule has 23 aromatic carbocycles. The summed E-state index contributed by atoms with van der Waals surface area (Å²) in [5.74, 6) is 0. The van der Waals surface area contributed by atoms with E-state index in [1.54, 1.807) is 0 Å². The summed E-state index contributed by atoms with van der Waals surface area (Å²) in [7, 11) is 0. The highest BCUT2D eigenvalue weighted by atomic mass is 16.3. The molecule has 0 aliphatic carbocycles. The standard InChI is InChI=1S/C66H42N2O.C60H38N2O/c1-3-14-43(15-4-1)47-31-38-62-60(41-47)61-42-48(32-39-63(61)68(62)49-16-5-2-6-17-49)45-28-35-51(36-29-45)67(64-24-13-23-58-57-22-11-12-25-65(57)69-66(58)64)50-33-26-44(27-34-50)46-30-37-56-54-20-8-7-18-52(54)53-19-9-10-21-55(53)59(56)40-46;1-2-13-43(14-3-1)62-56-22-10-8-19-51(56)55-38-42(30-36-57(55)62)40-27-33-45(34-28-40)61(58-23-12-21-53-52-20-9-11-24-59(52)63-60(53)58)44-31-25-39(26-32-44)41-29-35-50-48-17-5-4-15-46(48)47-16-6-7-18-49(47)54(50)37-41/h1-42H;1-38H. The molecule has 4 aromatic heterocycles. The zero-order valence-electron chi connectivity index (χ0n) is 71.8. The highest BCUT2D eigenvalue weighted by Crippen LogP contribution is 2.49. The van der Waals surface area contributed by atoms with Crippen molar-refractivity contribution in [2.45, 2.75) is 0 Å². The average molecular weight is 1680 g/mol. The molecule has 132 heavy (non-hydrogen) atoms. The minimum atomic E-state index is 0.857. The van der Waals surface area contributed by atoms with Gasteiger partial charge < -0.3 is 27.8 Å². The summed E-state index contributed by atoms with van der Waals surface area (Å²) < 4.78 is 18.1.